The van der Waals surface area contributed by atoms with Crippen molar-refractivity contribution in [1.29, 1.82) is 0 Å². The molecule has 1 heterocycles. The molecule has 112 valence electrons. The minimum Gasteiger partial charge on any atom is -0.480 e. The second-order valence-electron chi connectivity index (χ2n) is 4.64. The molecule has 0 amide bonds. The van der Waals surface area contributed by atoms with Crippen LogP contribution in [0.25, 0.3) is 0 Å². The molecular formula is C16H21N3OS. The Bertz CT molecular complexity index is 577. The van der Waals surface area contributed by atoms with Gasteiger partial charge in [-0.1, -0.05) is 25.1 Å². The molecule has 1 N–H and O–H groups in total. The van der Waals surface area contributed by atoms with Gasteiger partial charge in [-0.25, -0.2) is 4.98 Å². The van der Waals surface area contributed by atoms with Crippen LogP contribution < -0.4 is 10.1 Å². The number of aromatic nitrogens is 2. The minimum atomic E-state index is 0.114. The lowest BCUT2D eigenvalue weighted by Crippen LogP contribution is -2.24. The van der Waals surface area contributed by atoms with Crippen LogP contribution in [-0.4, -0.2) is 29.4 Å². The van der Waals surface area contributed by atoms with E-state index in [-0.39, 0.29) is 6.04 Å². The highest BCUT2D eigenvalue weighted by molar-refractivity contribution is 7.99. The van der Waals surface area contributed by atoms with E-state index in [1.165, 1.54) is 10.5 Å². The first kappa shape index (κ1) is 15.8. The van der Waals surface area contributed by atoms with Crippen molar-refractivity contribution in [2.45, 2.75) is 24.8 Å². The molecule has 0 aliphatic carbocycles. The third-order valence-electron chi connectivity index (χ3n) is 3.16. The number of nitrogens with one attached hydrogen (secondary N) is 1. The van der Waals surface area contributed by atoms with Crippen LogP contribution in [0.2, 0.25) is 0 Å². The first-order chi connectivity index (χ1) is 10.3. The zero-order valence-corrected chi connectivity index (χ0v) is 13.5. The summed E-state index contributed by atoms with van der Waals surface area (Å²) >= 11 is 1.82. The van der Waals surface area contributed by atoms with Gasteiger partial charge in [0.05, 0.1) is 13.2 Å². The number of aryl methyl sites for hydroxylation is 1. The molecule has 0 aliphatic heterocycles. The summed E-state index contributed by atoms with van der Waals surface area (Å²) in [7, 11) is 1.63. The van der Waals surface area contributed by atoms with Crippen LogP contribution in [0.4, 0.5) is 0 Å². The molecule has 0 aliphatic rings. The van der Waals surface area contributed by atoms with Crippen LogP contribution in [0.1, 0.15) is 24.2 Å². The molecule has 0 fully saturated rings. The number of benzene rings is 1. The number of hydrogen-bond donors (Lipinski definition) is 1. The van der Waals surface area contributed by atoms with Gasteiger partial charge in [0.2, 0.25) is 5.88 Å². The van der Waals surface area contributed by atoms with Crippen molar-refractivity contribution < 1.29 is 4.74 Å². The summed E-state index contributed by atoms with van der Waals surface area (Å²) in [5, 5.41) is 3.46. The quantitative estimate of drug-likeness (QED) is 0.796. The molecule has 1 aromatic heterocycles. The van der Waals surface area contributed by atoms with Crippen molar-refractivity contribution in [2.24, 2.45) is 0 Å². The predicted octanol–water partition coefficient (Wildman–Crippen LogP) is 3.24. The van der Waals surface area contributed by atoms with E-state index in [4.69, 9.17) is 4.74 Å². The topological polar surface area (TPSA) is 47.0 Å². The monoisotopic (exact) mass is 303 g/mol. The van der Waals surface area contributed by atoms with E-state index in [9.17, 15) is 0 Å². The molecule has 0 bridgehead atoms. The van der Waals surface area contributed by atoms with Crippen LogP contribution in [-0.2, 0) is 0 Å². The lowest BCUT2D eigenvalue weighted by molar-refractivity contribution is 0.381. The Morgan fingerprint density at radius 3 is 2.71 bits per heavy atom. The van der Waals surface area contributed by atoms with Crippen molar-refractivity contribution in [3.63, 3.8) is 0 Å². The highest BCUT2D eigenvalue weighted by atomic mass is 32.2. The Labute approximate surface area is 130 Å². The standard InChI is InChI=1S/C16H21N3OS/c1-4-17-13(15-16(20-3)19-10-9-18-15)11-21-14-8-6-5-7-12(14)2/h5-10,13,17H,4,11H2,1-3H3. The summed E-state index contributed by atoms with van der Waals surface area (Å²) in [6.07, 6.45) is 3.36. The van der Waals surface area contributed by atoms with E-state index in [0.717, 1.165) is 18.0 Å². The second-order valence-corrected chi connectivity index (χ2v) is 5.70. The molecule has 0 spiro atoms. The molecule has 0 radical (unpaired) electrons. The number of hydrogen-bond acceptors (Lipinski definition) is 5. The maximum Gasteiger partial charge on any atom is 0.237 e. The lowest BCUT2D eigenvalue weighted by atomic mass is 10.2. The predicted molar refractivity (Wildman–Crippen MR) is 86.9 cm³/mol. The van der Waals surface area contributed by atoms with Crippen LogP contribution in [0.5, 0.6) is 5.88 Å². The van der Waals surface area contributed by atoms with Crippen molar-refractivity contribution in [1.82, 2.24) is 15.3 Å². The minimum absolute atomic E-state index is 0.114. The van der Waals surface area contributed by atoms with E-state index in [0.29, 0.717) is 5.88 Å². The van der Waals surface area contributed by atoms with E-state index in [1.54, 1.807) is 19.5 Å². The van der Waals surface area contributed by atoms with Gasteiger partial charge < -0.3 is 10.1 Å². The Balaban J connectivity index is 2.14. The summed E-state index contributed by atoms with van der Waals surface area (Å²) < 4.78 is 5.33. The molecule has 2 rings (SSSR count). The van der Waals surface area contributed by atoms with E-state index in [2.05, 4.69) is 53.4 Å². The van der Waals surface area contributed by atoms with Gasteiger partial charge in [-0.2, -0.15) is 0 Å². The average Bonchev–Trinajstić information content (AvgIpc) is 2.53. The number of methoxy groups -OCH3 is 1. The second kappa shape index (κ2) is 8.00. The smallest absolute Gasteiger partial charge is 0.237 e. The molecule has 21 heavy (non-hydrogen) atoms. The van der Waals surface area contributed by atoms with Gasteiger partial charge in [0.25, 0.3) is 0 Å². The van der Waals surface area contributed by atoms with E-state index >= 15 is 0 Å². The third-order valence-corrected chi connectivity index (χ3v) is 4.43. The van der Waals surface area contributed by atoms with Crippen molar-refractivity contribution in [2.75, 3.05) is 19.4 Å². The summed E-state index contributed by atoms with van der Waals surface area (Å²) in [4.78, 5) is 9.97. The van der Waals surface area contributed by atoms with Gasteiger partial charge in [0.1, 0.15) is 5.69 Å². The zero-order chi connectivity index (χ0) is 15.1. The molecule has 4 nitrogen and oxygen atoms in total. The molecule has 0 saturated heterocycles. The number of rotatable bonds is 7. The molecular weight excluding hydrogens is 282 g/mol. The summed E-state index contributed by atoms with van der Waals surface area (Å²) in [6, 6.07) is 8.53. The first-order valence-electron chi connectivity index (χ1n) is 7.03. The normalized spacial score (nSPS) is 12.1. The van der Waals surface area contributed by atoms with Crippen molar-refractivity contribution in [3.8, 4) is 5.88 Å². The van der Waals surface area contributed by atoms with Gasteiger partial charge >= 0.3 is 0 Å². The highest BCUT2D eigenvalue weighted by Crippen LogP contribution is 2.29. The van der Waals surface area contributed by atoms with E-state index < -0.39 is 0 Å². The van der Waals surface area contributed by atoms with Crippen molar-refractivity contribution in [3.05, 3.63) is 47.9 Å². The Hall–Kier alpha value is -1.59. The molecule has 1 aromatic carbocycles. The fraction of sp³-hybridized carbons (Fsp3) is 0.375. The summed E-state index contributed by atoms with van der Waals surface area (Å²) in [5.41, 5.74) is 2.16. The summed E-state index contributed by atoms with van der Waals surface area (Å²) in [5.74, 6) is 1.47. The van der Waals surface area contributed by atoms with Gasteiger partial charge in [-0.3, -0.25) is 4.98 Å². The first-order valence-corrected chi connectivity index (χ1v) is 8.01. The molecule has 2 aromatic rings. The maximum atomic E-state index is 5.33. The summed E-state index contributed by atoms with van der Waals surface area (Å²) in [6.45, 7) is 5.10. The number of nitrogens with zero attached hydrogens (tertiary/aromatic N) is 2. The zero-order valence-electron chi connectivity index (χ0n) is 12.7. The Morgan fingerprint density at radius 1 is 1.24 bits per heavy atom. The van der Waals surface area contributed by atoms with E-state index in [1.807, 2.05) is 11.8 Å². The van der Waals surface area contributed by atoms with Gasteiger partial charge in [-0.05, 0) is 25.1 Å². The van der Waals surface area contributed by atoms with Gasteiger partial charge in [0.15, 0.2) is 0 Å². The maximum absolute atomic E-state index is 5.33. The van der Waals surface area contributed by atoms with Crippen LogP contribution in [0, 0.1) is 6.92 Å². The molecule has 0 saturated carbocycles. The SMILES string of the molecule is CCNC(CSc1ccccc1C)c1nccnc1OC. The van der Waals surface area contributed by atoms with Crippen LogP contribution in [0.15, 0.2) is 41.6 Å². The highest BCUT2D eigenvalue weighted by Gasteiger charge is 2.18. The lowest BCUT2D eigenvalue weighted by Gasteiger charge is -2.18. The third kappa shape index (κ3) is 4.19. The number of thioether (sulfide) groups is 1. The fourth-order valence-electron chi connectivity index (χ4n) is 2.10. The Morgan fingerprint density at radius 2 is 2.00 bits per heavy atom. The van der Waals surface area contributed by atoms with Crippen LogP contribution in [0.3, 0.4) is 0 Å². The number of ether oxygens (including phenoxy) is 1. The van der Waals surface area contributed by atoms with Gasteiger partial charge in [0, 0.05) is 23.0 Å². The van der Waals surface area contributed by atoms with Gasteiger partial charge in [-0.15, -0.1) is 11.8 Å². The van der Waals surface area contributed by atoms with Crippen LogP contribution >= 0.6 is 11.8 Å². The molecule has 1 atom stereocenters. The Kier molecular flexibility index (Phi) is 6.02. The molecule has 1 unspecified atom stereocenters. The average molecular weight is 303 g/mol. The van der Waals surface area contributed by atoms with Crippen molar-refractivity contribution >= 4 is 11.8 Å². The largest absolute Gasteiger partial charge is 0.480 e. The fourth-order valence-corrected chi connectivity index (χ4v) is 3.20. The molecule has 5 heteroatoms.